The molecule has 144 valence electrons. The zero-order valence-corrected chi connectivity index (χ0v) is 17.7. The first kappa shape index (κ1) is 19.2. The van der Waals surface area contributed by atoms with Gasteiger partial charge in [0.25, 0.3) is 0 Å². The molecule has 1 aromatic heterocycles. The maximum absolute atomic E-state index is 6.27. The Balaban J connectivity index is 1.47. The molecule has 2 aliphatic rings. The lowest BCUT2D eigenvalue weighted by atomic mass is 9.71. The molecule has 1 aliphatic carbocycles. The number of nitrogens with zero attached hydrogens (tertiary/aromatic N) is 3. The van der Waals surface area contributed by atoms with E-state index < -0.39 is 0 Å². The number of halogens is 2. The molecular weight excluding hydrogens is 399 g/mol. The molecule has 1 unspecified atom stereocenters. The van der Waals surface area contributed by atoms with Crippen LogP contribution in [0, 0.1) is 11.3 Å². The van der Waals surface area contributed by atoms with Crippen LogP contribution in [0.15, 0.2) is 34.3 Å². The Bertz CT molecular complexity index is 837. The lowest BCUT2D eigenvalue weighted by molar-refractivity contribution is 0.161. The zero-order chi connectivity index (χ0) is 19.0. The van der Waals surface area contributed by atoms with Crippen molar-refractivity contribution in [1.29, 1.82) is 0 Å². The number of nitrogens with two attached hydrogens (primary N) is 1. The van der Waals surface area contributed by atoms with Crippen molar-refractivity contribution in [2.24, 2.45) is 11.3 Å². The van der Waals surface area contributed by atoms with E-state index in [1.807, 2.05) is 18.3 Å². The van der Waals surface area contributed by atoms with Gasteiger partial charge in [-0.15, -0.1) is 0 Å². The molecule has 27 heavy (non-hydrogen) atoms. The fourth-order valence-corrected chi connectivity index (χ4v) is 5.80. The summed E-state index contributed by atoms with van der Waals surface area (Å²) in [6.07, 6.45) is 8.45. The summed E-state index contributed by atoms with van der Waals surface area (Å²) in [6, 6.07) is 5.53. The Hall–Kier alpha value is -1.17. The number of piperidine rings is 1. The van der Waals surface area contributed by atoms with Crippen LogP contribution in [0.3, 0.4) is 0 Å². The molecule has 1 aliphatic heterocycles. The predicted octanol–water partition coefficient (Wildman–Crippen LogP) is 5.92. The zero-order valence-electron chi connectivity index (χ0n) is 15.4. The van der Waals surface area contributed by atoms with Crippen LogP contribution in [-0.4, -0.2) is 23.1 Å². The van der Waals surface area contributed by atoms with Gasteiger partial charge in [-0.25, -0.2) is 9.97 Å². The van der Waals surface area contributed by atoms with Gasteiger partial charge < -0.3 is 10.6 Å². The molecule has 2 aromatic rings. The molecule has 1 saturated heterocycles. The van der Waals surface area contributed by atoms with Crippen LogP contribution < -0.4 is 10.6 Å². The second-order valence-corrected chi connectivity index (χ2v) is 9.53. The van der Waals surface area contributed by atoms with Crippen molar-refractivity contribution in [2.75, 3.05) is 23.7 Å². The summed E-state index contributed by atoms with van der Waals surface area (Å²) in [5, 5.41) is 1.69. The van der Waals surface area contributed by atoms with Gasteiger partial charge >= 0.3 is 0 Å². The summed E-state index contributed by atoms with van der Waals surface area (Å²) in [4.78, 5) is 12.3. The van der Waals surface area contributed by atoms with Crippen molar-refractivity contribution < 1.29 is 0 Å². The van der Waals surface area contributed by atoms with E-state index in [0.29, 0.717) is 26.3 Å². The van der Waals surface area contributed by atoms with Gasteiger partial charge in [0, 0.05) is 18.0 Å². The third-order valence-electron chi connectivity index (χ3n) is 6.31. The molecule has 4 rings (SSSR count). The lowest BCUT2D eigenvalue weighted by Gasteiger charge is -2.42. The number of hydrogen-bond acceptors (Lipinski definition) is 5. The fourth-order valence-electron chi connectivity index (χ4n) is 4.52. The largest absolute Gasteiger partial charge is 0.381 e. The molecule has 2 heterocycles. The highest BCUT2D eigenvalue weighted by molar-refractivity contribution is 7.99. The summed E-state index contributed by atoms with van der Waals surface area (Å²) in [7, 11) is 0. The maximum Gasteiger partial charge on any atom is 0.158 e. The number of aromatic nitrogens is 2. The van der Waals surface area contributed by atoms with Crippen molar-refractivity contribution in [3.05, 3.63) is 34.4 Å². The van der Waals surface area contributed by atoms with E-state index >= 15 is 0 Å². The molecule has 1 aromatic carbocycles. The Kier molecular flexibility index (Phi) is 5.45. The van der Waals surface area contributed by atoms with E-state index in [0.717, 1.165) is 29.7 Å². The SMILES string of the molecule is CC1CCCC12CCN(c1cnc(Sc3cccc(Cl)c3Cl)c(N)n1)CC2. The normalized spacial score (nSPS) is 21.7. The summed E-state index contributed by atoms with van der Waals surface area (Å²) < 4.78 is 0. The van der Waals surface area contributed by atoms with Crippen molar-refractivity contribution in [3.8, 4) is 0 Å². The van der Waals surface area contributed by atoms with Gasteiger partial charge in [0.2, 0.25) is 0 Å². The second-order valence-electron chi connectivity index (χ2n) is 7.72. The van der Waals surface area contributed by atoms with E-state index in [2.05, 4.69) is 21.8 Å². The van der Waals surface area contributed by atoms with Crippen LogP contribution >= 0.6 is 35.0 Å². The number of rotatable bonds is 3. The number of anilines is 2. The van der Waals surface area contributed by atoms with E-state index in [4.69, 9.17) is 28.9 Å². The standard InChI is InChI=1S/C20H24Cl2N4S/c1-13-4-3-7-20(13)8-10-26(11-9-20)16-12-24-19(18(23)25-16)27-15-6-2-5-14(21)17(15)22/h2,5-6,12-13H,3-4,7-11H2,1H3,(H2,23,25). The van der Waals surface area contributed by atoms with E-state index in [1.54, 1.807) is 6.07 Å². The van der Waals surface area contributed by atoms with Crippen molar-refractivity contribution in [2.45, 2.75) is 48.9 Å². The second kappa shape index (κ2) is 7.69. The van der Waals surface area contributed by atoms with Gasteiger partial charge in [-0.05, 0) is 42.7 Å². The molecule has 4 nitrogen and oxygen atoms in total. The quantitative estimate of drug-likeness (QED) is 0.664. The maximum atomic E-state index is 6.27. The van der Waals surface area contributed by atoms with Crippen molar-refractivity contribution in [1.82, 2.24) is 9.97 Å². The molecule has 2 fully saturated rings. The monoisotopic (exact) mass is 422 g/mol. The lowest BCUT2D eigenvalue weighted by Crippen LogP contribution is -2.41. The first-order valence-corrected chi connectivity index (χ1v) is 11.1. The third-order valence-corrected chi connectivity index (χ3v) is 8.31. The van der Waals surface area contributed by atoms with E-state index in [1.165, 1.54) is 43.9 Å². The first-order valence-electron chi connectivity index (χ1n) is 9.48. The molecule has 1 saturated carbocycles. The molecule has 0 amide bonds. The highest BCUT2D eigenvalue weighted by atomic mass is 35.5. The van der Waals surface area contributed by atoms with Gasteiger partial charge in [-0.2, -0.15) is 0 Å². The molecule has 7 heteroatoms. The third kappa shape index (κ3) is 3.74. The van der Waals surface area contributed by atoms with Gasteiger partial charge in [0.15, 0.2) is 5.82 Å². The van der Waals surface area contributed by atoms with Crippen LogP contribution in [0.1, 0.15) is 39.0 Å². The van der Waals surface area contributed by atoms with Gasteiger partial charge in [0.1, 0.15) is 10.8 Å². The van der Waals surface area contributed by atoms with E-state index in [9.17, 15) is 0 Å². The Morgan fingerprint density at radius 2 is 2.00 bits per heavy atom. The van der Waals surface area contributed by atoms with Crippen molar-refractivity contribution in [3.63, 3.8) is 0 Å². The van der Waals surface area contributed by atoms with Crippen molar-refractivity contribution >= 4 is 46.6 Å². The molecular formula is C20H24Cl2N4S. The summed E-state index contributed by atoms with van der Waals surface area (Å²) in [6.45, 7) is 4.49. The minimum Gasteiger partial charge on any atom is -0.381 e. The summed E-state index contributed by atoms with van der Waals surface area (Å²) >= 11 is 13.8. The van der Waals surface area contributed by atoms with Crippen LogP contribution in [0.4, 0.5) is 11.6 Å². The van der Waals surface area contributed by atoms with Gasteiger partial charge in [-0.1, -0.05) is 60.8 Å². The van der Waals surface area contributed by atoms with Crippen LogP contribution in [-0.2, 0) is 0 Å². The number of benzene rings is 1. The smallest absolute Gasteiger partial charge is 0.158 e. The molecule has 1 spiro atoms. The molecule has 1 atom stereocenters. The number of nitrogen functional groups attached to an aromatic ring is 1. The topological polar surface area (TPSA) is 55.0 Å². The summed E-state index contributed by atoms with van der Waals surface area (Å²) in [5.41, 5.74) is 6.75. The minimum atomic E-state index is 0.433. The first-order chi connectivity index (χ1) is 13.0. The Morgan fingerprint density at radius 3 is 2.67 bits per heavy atom. The van der Waals surface area contributed by atoms with E-state index in [-0.39, 0.29) is 0 Å². The highest BCUT2D eigenvalue weighted by Crippen LogP contribution is 2.50. The Morgan fingerprint density at radius 1 is 1.22 bits per heavy atom. The average Bonchev–Trinajstić information content (AvgIpc) is 3.01. The summed E-state index contributed by atoms with van der Waals surface area (Å²) in [5.74, 6) is 2.15. The van der Waals surface area contributed by atoms with Crippen LogP contribution in [0.2, 0.25) is 10.0 Å². The highest BCUT2D eigenvalue weighted by Gasteiger charge is 2.42. The molecule has 2 N–H and O–H groups in total. The fraction of sp³-hybridized carbons (Fsp3) is 0.500. The molecule has 0 radical (unpaired) electrons. The van der Waals surface area contributed by atoms with Gasteiger partial charge in [-0.3, -0.25) is 0 Å². The Labute approximate surface area is 174 Å². The molecule has 0 bridgehead atoms. The average molecular weight is 423 g/mol. The van der Waals surface area contributed by atoms with Crippen LogP contribution in [0.5, 0.6) is 0 Å². The van der Waals surface area contributed by atoms with Crippen LogP contribution in [0.25, 0.3) is 0 Å². The van der Waals surface area contributed by atoms with Gasteiger partial charge in [0.05, 0.1) is 16.2 Å². The minimum absolute atomic E-state index is 0.433. The number of hydrogen-bond donors (Lipinski definition) is 1. The predicted molar refractivity (Wildman–Crippen MR) is 114 cm³/mol.